The lowest BCUT2D eigenvalue weighted by atomic mass is 9.89. The van der Waals surface area contributed by atoms with Crippen molar-refractivity contribution >= 4 is 17.7 Å². The van der Waals surface area contributed by atoms with E-state index >= 15 is 0 Å². The van der Waals surface area contributed by atoms with Crippen molar-refractivity contribution in [2.75, 3.05) is 0 Å². The molecule has 3 N–H and O–H groups in total. The summed E-state index contributed by atoms with van der Waals surface area (Å²) in [5.74, 6) is -1.64. The van der Waals surface area contributed by atoms with E-state index in [-0.39, 0.29) is 30.8 Å². The van der Waals surface area contributed by atoms with Crippen LogP contribution in [0.15, 0.2) is 42.5 Å². The molecule has 2 aromatic rings. The van der Waals surface area contributed by atoms with Crippen LogP contribution in [0.4, 0.5) is 0 Å². The predicted molar refractivity (Wildman–Crippen MR) is 108 cm³/mol. The Morgan fingerprint density at radius 1 is 0.931 bits per heavy atom. The molecule has 0 spiro atoms. The van der Waals surface area contributed by atoms with Crippen molar-refractivity contribution in [3.8, 4) is 5.75 Å². The minimum atomic E-state index is -1.15. The van der Waals surface area contributed by atoms with Gasteiger partial charge in [-0.25, -0.2) is 4.79 Å². The zero-order valence-corrected chi connectivity index (χ0v) is 16.2. The van der Waals surface area contributed by atoms with E-state index in [1.165, 1.54) is 29.7 Å². The van der Waals surface area contributed by atoms with Crippen LogP contribution in [0.2, 0.25) is 0 Å². The van der Waals surface area contributed by atoms with Crippen molar-refractivity contribution in [2.24, 2.45) is 0 Å². The molecule has 152 valence electrons. The number of hydrogen-bond donors (Lipinski definition) is 3. The number of phenolic OH excluding ortho intramolecular Hbond substituents is 1. The topological polar surface area (TPSA) is 104 Å². The van der Waals surface area contributed by atoms with Crippen LogP contribution in [0, 0.1) is 0 Å². The van der Waals surface area contributed by atoms with Crippen molar-refractivity contribution in [1.29, 1.82) is 0 Å². The molecule has 1 atom stereocenters. The van der Waals surface area contributed by atoms with Gasteiger partial charge >= 0.3 is 5.97 Å². The van der Waals surface area contributed by atoms with Gasteiger partial charge in [0.1, 0.15) is 11.8 Å². The Morgan fingerprint density at radius 2 is 1.62 bits per heavy atom. The van der Waals surface area contributed by atoms with Crippen LogP contribution in [0.1, 0.15) is 52.7 Å². The average Bonchev–Trinajstić information content (AvgIpc) is 2.72. The second kappa shape index (κ2) is 9.37. The van der Waals surface area contributed by atoms with Crippen molar-refractivity contribution in [2.45, 2.75) is 51.0 Å². The molecule has 6 heteroatoms. The largest absolute Gasteiger partial charge is 0.508 e. The molecule has 0 aromatic heterocycles. The first-order valence-electron chi connectivity index (χ1n) is 9.87. The molecule has 0 radical (unpaired) electrons. The predicted octanol–water partition coefficient (Wildman–Crippen LogP) is 3.05. The highest BCUT2D eigenvalue weighted by Gasteiger charge is 2.21. The summed E-state index contributed by atoms with van der Waals surface area (Å²) >= 11 is 0. The minimum absolute atomic E-state index is 0.0379. The van der Waals surface area contributed by atoms with E-state index in [0.29, 0.717) is 11.1 Å². The number of nitrogens with one attached hydrogen (secondary N) is 1. The number of aryl methyl sites for hydroxylation is 2. The molecule has 29 heavy (non-hydrogen) atoms. The molecule has 1 unspecified atom stereocenters. The number of carboxylic acids is 1. The summed E-state index contributed by atoms with van der Waals surface area (Å²) in [4.78, 5) is 36.1. The molecule has 0 aliphatic heterocycles. The molecule has 0 fully saturated rings. The Bertz CT molecular complexity index is 904. The number of hydrogen-bond acceptors (Lipinski definition) is 4. The highest BCUT2D eigenvalue weighted by molar-refractivity contribution is 5.98. The Kier molecular flexibility index (Phi) is 6.65. The van der Waals surface area contributed by atoms with E-state index in [9.17, 15) is 24.6 Å². The van der Waals surface area contributed by atoms with Crippen LogP contribution in [-0.4, -0.2) is 33.9 Å². The van der Waals surface area contributed by atoms with Crippen LogP contribution < -0.4 is 5.32 Å². The third-order valence-electron chi connectivity index (χ3n) is 5.26. The van der Waals surface area contributed by atoms with E-state index in [4.69, 9.17) is 0 Å². The molecular formula is C23H25NO5. The summed E-state index contributed by atoms with van der Waals surface area (Å²) in [5, 5.41) is 21.2. The zero-order chi connectivity index (χ0) is 20.8. The van der Waals surface area contributed by atoms with Crippen LogP contribution in [0.3, 0.4) is 0 Å². The number of Topliss-reactive ketones (excluding diaryl/α,β-unsaturated/α-hetero) is 1. The maximum atomic E-state index is 12.5. The molecule has 1 amide bonds. The molecular weight excluding hydrogens is 370 g/mol. The van der Waals surface area contributed by atoms with Crippen LogP contribution in [0.5, 0.6) is 5.75 Å². The number of ketones is 1. The highest BCUT2D eigenvalue weighted by atomic mass is 16.4. The minimum Gasteiger partial charge on any atom is -0.508 e. The number of rotatable bonds is 8. The molecule has 3 rings (SSSR count). The molecule has 0 saturated heterocycles. The summed E-state index contributed by atoms with van der Waals surface area (Å²) < 4.78 is 0. The normalized spacial score (nSPS) is 13.9. The third-order valence-corrected chi connectivity index (χ3v) is 5.26. The standard InChI is InChI=1S/C23H25NO5/c25-19-9-5-15(6-10-19)13-20(23(28)29)24-22(27)12-11-21(26)18-8-7-16-3-1-2-4-17(16)14-18/h5-10,14,20,25H,1-4,11-13H2,(H,24,27)(H,28,29). The van der Waals surface area contributed by atoms with Gasteiger partial charge in [0.15, 0.2) is 5.78 Å². The number of aromatic hydroxyl groups is 1. The van der Waals surface area contributed by atoms with E-state index in [1.807, 2.05) is 18.2 Å². The van der Waals surface area contributed by atoms with Crippen molar-refractivity contribution in [3.63, 3.8) is 0 Å². The monoisotopic (exact) mass is 395 g/mol. The summed E-state index contributed by atoms with van der Waals surface area (Å²) in [7, 11) is 0. The Morgan fingerprint density at radius 3 is 2.31 bits per heavy atom. The van der Waals surface area contributed by atoms with Gasteiger partial charge < -0.3 is 15.5 Å². The van der Waals surface area contributed by atoms with Crippen molar-refractivity contribution < 1.29 is 24.6 Å². The third kappa shape index (κ3) is 5.67. The number of carbonyl (C=O) groups is 3. The maximum absolute atomic E-state index is 12.5. The van der Waals surface area contributed by atoms with Crippen LogP contribution in [0.25, 0.3) is 0 Å². The van der Waals surface area contributed by atoms with E-state index < -0.39 is 17.9 Å². The molecule has 0 heterocycles. The molecule has 6 nitrogen and oxygen atoms in total. The van der Waals surface area contributed by atoms with Gasteiger partial charge in [-0.2, -0.15) is 0 Å². The van der Waals surface area contributed by atoms with E-state index in [2.05, 4.69) is 5.32 Å². The number of benzene rings is 2. The number of fused-ring (bicyclic) bond motifs is 1. The lowest BCUT2D eigenvalue weighted by Gasteiger charge is -2.16. The second-order valence-electron chi connectivity index (χ2n) is 7.44. The summed E-state index contributed by atoms with van der Waals surface area (Å²) in [6, 6.07) is 10.8. The molecule has 2 aromatic carbocycles. The summed E-state index contributed by atoms with van der Waals surface area (Å²) in [5.41, 5.74) is 3.80. The molecule has 0 saturated carbocycles. The van der Waals surface area contributed by atoms with Crippen molar-refractivity contribution in [1.82, 2.24) is 5.32 Å². The molecule has 1 aliphatic carbocycles. The van der Waals surface area contributed by atoms with Gasteiger partial charge in [-0.05, 0) is 60.6 Å². The summed E-state index contributed by atoms with van der Waals surface area (Å²) in [6.45, 7) is 0. The van der Waals surface area contributed by atoms with Crippen LogP contribution >= 0.6 is 0 Å². The highest BCUT2D eigenvalue weighted by Crippen LogP contribution is 2.23. The number of amides is 1. The maximum Gasteiger partial charge on any atom is 0.326 e. The number of carbonyl (C=O) groups excluding carboxylic acids is 2. The Balaban J connectivity index is 1.54. The first-order valence-corrected chi connectivity index (χ1v) is 9.87. The smallest absolute Gasteiger partial charge is 0.326 e. The average molecular weight is 395 g/mol. The Hall–Kier alpha value is -3.15. The van der Waals surface area contributed by atoms with Gasteiger partial charge in [-0.3, -0.25) is 9.59 Å². The van der Waals surface area contributed by atoms with Gasteiger partial charge in [-0.15, -0.1) is 0 Å². The number of phenols is 1. The SMILES string of the molecule is O=C(CCC(=O)c1ccc2c(c1)CCCC2)NC(Cc1ccc(O)cc1)C(=O)O. The van der Waals surface area contributed by atoms with E-state index in [1.54, 1.807) is 12.1 Å². The van der Waals surface area contributed by atoms with Gasteiger partial charge in [0.05, 0.1) is 0 Å². The lowest BCUT2D eigenvalue weighted by Crippen LogP contribution is -2.42. The lowest BCUT2D eigenvalue weighted by molar-refractivity contribution is -0.141. The van der Waals surface area contributed by atoms with Gasteiger partial charge in [0, 0.05) is 24.8 Å². The number of carboxylic acid groups (broad SMARTS) is 1. The zero-order valence-electron chi connectivity index (χ0n) is 16.2. The van der Waals surface area contributed by atoms with Gasteiger partial charge in [-0.1, -0.05) is 24.3 Å². The number of aliphatic carboxylic acids is 1. The van der Waals surface area contributed by atoms with E-state index in [0.717, 1.165) is 19.3 Å². The second-order valence-corrected chi connectivity index (χ2v) is 7.44. The van der Waals surface area contributed by atoms with Crippen molar-refractivity contribution in [3.05, 3.63) is 64.7 Å². The first kappa shape index (κ1) is 20.6. The molecule has 0 bridgehead atoms. The first-order chi connectivity index (χ1) is 13.9. The fraction of sp³-hybridized carbons (Fsp3) is 0.348. The molecule has 1 aliphatic rings. The quantitative estimate of drug-likeness (QED) is 0.596. The van der Waals surface area contributed by atoms with Crippen LogP contribution in [-0.2, 0) is 28.9 Å². The summed E-state index contributed by atoms with van der Waals surface area (Å²) in [6.07, 6.45) is 4.41. The van der Waals surface area contributed by atoms with Gasteiger partial charge in [0.25, 0.3) is 0 Å². The van der Waals surface area contributed by atoms with Gasteiger partial charge in [0.2, 0.25) is 5.91 Å². The Labute approximate surface area is 169 Å². The fourth-order valence-corrected chi connectivity index (χ4v) is 3.61. The fourth-order valence-electron chi connectivity index (χ4n) is 3.61.